The predicted octanol–water partition coefficient (Wildman–Crippen LogP) is 0.671. The van der Waals surface area contributed by atoms with Gasteiger partial charge in [0.05, 0.1) is 6.04 Å². The molecule has 0 aliphatic carbocycles. The van der Waals surface area contributed by atoms with Gasteiger partial charge in [0.25, 0.3) is 0 Å². The number of aryl methyl sites for hydroxylation is 1. The third-order valence-electron chi connectivity index (χ3n) is 2.45. The van der Waals surface area contributed by atoms with E-state index in [9.17, 15) is 4.79 Å². The van der Waals surface area contributed by atoms with Crippen LogP contribution in [0, 0.1) is 12.8 Å². The highest BCUT2D eigenvalue weighted by Gasteiger charge is 2.12. The summed E-state index contributed by atoms with van der Waals surface area (Å²) in [6.07, 6.45) is 0.652. The van der Waals surface area contributed by atoms with Gasteiger partial charge >= 0.3 is 0 Å². The van der Waals surface area contributed by atoms with E-state index in [0.717, 1.165) is 0 Å². The quantitative estimate of drug-likeness (QED) is 0.747. The number of amides is 1. The molecular weight excluding hydrogens is 232 g/mol. The third-order valence-corrected chi connectivity index (χ3v) is 2.45. The van der Waals surface area contributed by atoms with E-state index in [1.165, 1.54) is 0 Å². The van der Waals surface area contributed by atoms with Crippen LogP contribution in [0.3, 0.4) is 0 Å². The molecule has 0 spiro atoms. The van der Waals surface area contributed by atoms with E-state index in [1.54, 1.807) is 6.92 Å². The summed E-state index contributed by atoms with van der Waals surface area (Å²) in [6, 6.07) is -0.211. The number of nitrogens with one attached hydrogen (secondary N) is 2. The van der Waals surface area contributed by atoms with E-state index >= 15 is 0 Å². The first-order valence-electron chi connectivity index (χ1n) is 6.29. The van der Waals surface area contributed by atoms with Gasteiger partial charge in [-0.15, -0.1) is 0 Å². The molecule has 1 amide bonds. The molecule has 6 nitrogen and oxygen atoms in total. The Labute approximate surface area is 108 Å². The number of hydrogen-bond acceptors (Lipinski definition) is 5. The molecule has 0 aromatic carbocycles. The van der Waals surface area contributed by atoms with E-state index in [-0.39, 0.29) is 11.9 Å². The van der Waals surface area contributed by atoms with Crippen LogP contribution in [-0.4, -0.2) is 35.2 Å². The Morgan fingerprint density at radius 2 is 2.11 bits per heavy atom. The number of carbonyl (C=O) groups is 1. The second-order valence-electron chi connectivity index (χ2n) is 4.79. The molecule has 1 aromatic rings. The van der Waals surface area contributed by atoms with Crippen molar-refractivity contribution in [2.75, 3.05) is 13.1 Å². The monoisotopic (exact) mass is 254 g/mol. The minimum absolute atomic E-state index is 0.0213. The zero-order valence-electron chi connectivity index (χ0n) is 11.5. The van der Waals surface area contributed by atoms with Crippen LogP contribution < -0.4 is 10.6 Å². The first-order chi connectivity index (χ1) is 8.49. The van der Waals surface area contributed by atoms with Crippen molar-refractivity contribution in [1.82, 2.24) is 20.8 Å². The Kier molecular flexibility index (Phi) is 5.77. The normalized spacial score (nSPS) is 12.7. The molecular formula is C12H22N4O2. The van der Waals surface area contributed by atoms with E-state index < -0.39 is 0 Å². The lowest BCUT2D eigenvalue weighted by atomic mass is 10.2. The maximum atomic E-state index is 11.7. The van der Waals surface area contributed by atoms with Gasteiger partial charge in [-0.25, -0.2) is 0 Å². The number of carbonyl (C=O) groups excluding carboxylic acids is 1. The molecule has 6 heteroatoms. The molecule has 0 fully saturated rings. The van der Waals surface area contributed by atoms with Gasteiger partial charge in [-0.05, 0) is 12.8 Å². The Hall–Kier alpha value is -1.43. The van der Waals surface area contributed by atoms with Crippen molar-refractivity contribution in [3.63, 3.8) is 0 Å². The lowest BCUT2D eigenvalue weighted by Crippen LogP contribution is -2.43. The topological polar surface area (TPSA) is 80.0 Å². The first kappa shape index (κ1) is 14.6. The summed E-state index contributed by atoms with van der Waals surface area (Å²) in [5.41, 5.74) is 0. The SMILES string of the molecule is Cc1nc(CCNC(C)C(=O)NCC(C)C)no1. The molecule has 0 radical (unpaired) electrons. The molecule has 1 aromatic heterocycles. The largest absolute Gasteiger partial charge is 0.354 e. The van der Waals surface area contributed by atoms with Crippen molar-refractivity contribution >= 4 is 5.91 Å². The van der Waals surface area contributed by atoms with Crippen LogP contribution in [-0.2, 0) is 11.2 Å². The van der Waals surface area contributed by atoms with Crippen LogP contribution >= 0.6 is 0 Å². The first-order valence-corrected chi connectivity index (χ1v) is 6.29. The van der Waals surface area contributed by atoms with Crippen LogP contribution in [0.2, 0.25) is 0 Å². The molecule has 1 rings (SSSR count). The van der Waals surface area contributed by atoms with Crippen LogP contribution in [0.1, 0.15) is 32.5 Å². The van der Waals surface area contributed by atoms with Gasteiger partial charge in [0.15, 0.2) is 5.82 Å². The Morgan fingerprint density at radius 1 is 1.39 bits per heavy atom. The van der Waals surface area contributed by atoms with Gasteiger partial charge in [0.2, 0.25) is 11.8 Å². The lowest BCUT2D eigenvalue weighted by Gasteiger charge is -2.14. The lowest BCUT2D eigenvalue weighted by molar-refractivity contribution is -0.122. The number of nitrogens with zero attached hydrogens (tertiary/aromatic N) is 2. The second-order valence-corrected chi connectivity index (χ2v) is 4.79. The number of rotatable bonds is 7. The fourth-order valence-electron chi connectivity index (χ4n) is 1.39. The Bertz CT molecular complexity index is 376. The van der Waals surface area contributed by atoms with Gasteiger partial charge in [-0.2, -0.15) is 4.98 Å². The van der Waals surface area contributed by atoms with Crippen molar-refractivity contribution < 1.29 is 9.32 Å². The minimum atomic E-state index is -0.211. The number of hydrogen-bond donors (Lipinski definition) is 2. The summed E-state index contributed by atoms with van der Waals surface area (Å²) in [6.45, 7) is 9.08. The average molecular weight is 254 g/mol. The number of aromatic nitrogens is 2. The van der Waals surface area contributed by atoms with Gasteiger partial charge in [0.1, 0.15) is 0 Å². The van der Waals surface area contributed by atoms with E-state index in [0.29, 0.717) is 37.1 Å². The molecule has 0 bridgehead atoms. The zero-order chi connectivity index (χ0) is 13.5. The second kappa shape index (κ2) is 7.10. The fraction of sp³-hybridized carbons (Fsp3) is 0.750. The molecule has 1 atom stereocenters. The fourth-order valence-corrected chi connectivity index (χ4v) is 1.39. The predicted molar refractivity (Wildman–Crippen MR) is 68.1 cm³/mol. The van der Waals surface area contributed by atoms with Crippen molar-refractivity contribution in [2.45, 2.75) is 40.2 Å². The van der Waals surface area contributed by atoms with Crippen molar-refractivity contribution in [3.05, 3.63) is 11.7 Å². The summed E-state index contributed by atoms with van der Waals surface area (Å²) in [5.74, 6) is 1.71. The van der Waals surface area contributed by atoms with E-state index in [2.05, 4.69) is 34.6 Å². The molecule has 0 aliphatic rings. The van der Waals surface area contributed by atoms with Gasteiger partial charge in [-0.1, -0.05) is 19.0 Å². The molecule has 1 heterocycles. The van der Waals surface area contributed by atoms with Crippen molar-refractivity contribution in [2.24, 2.45) is 5.92 Å². The van der Waals surface area contributed by atoms with Gasteiger partial charge in [0, 0.05) is 26.4 Å². The summed E-state index contributed by atoms with van der Waals surface area (Å²) >= 11 is 0. The summed E-state index contributed by atoms with van der Waals surface area (Å²) in [4.78, 5) is 15.8. The van der Waals surface area contributed by atoms with Crippen LogP contribution in [0.4, 0.5) is 0 Å². The van der Waals surface area contributed by atoms with Crippen molar-refractivity contribution in [1.29, 1.82) is 0 Å². The summed E-state index contributed by atoms with van der Waals surface area (Å²) in [5, 5.41) is 9.80. The molecule has 0 aliphatic heterocycles. The smallest absolute Gasteiger partial charge is 0.236 e. The van der Waals surface area contributed by atoms with E-state index in [1.807, 2.05) is 6.92 Å². The van der Waals surface area contributed by atoms with Crippen LogP contribution in [0.15, 0.2) is 4.52 Å². The standard InChI is InChI=1S/C12H22N4O2/c1-8(2)7-14-12(17)9(3)13-6-5-11-15-10(4)18-16-11/h8-9,13H,5-7H2,1-4H3,(H,14,17). The van der Waals surface area contributed by atoms with E-state index in [4.69, 9.17) is 4.52 Å². The molecule has 0 saturated carbocycles. The Morgan fingerprint density at radius 3 is 2.67 bits per heavy atom. The zero-order valence-corrected chi connectivity index (χ0v) is 11.5. The van der Waals surface area contributed by atoms with Crippen molar-refractivity contribution in [3.8, 4) is 0 Å². The highest BCUT2D eigenvalue weighted by Crippen LogP contribution is 1.95. The van der Waals surface area contributed by atoms with Crippen LogP contribution in [0.5, 0.6) is 0 Å². The third kappa shape index (κ3) is 5.27. The van der Waals surface area contributed by atoms with Crippen LogP contribution in [0.25, 0.3) is 0 Å². The molecule has 102 valence electrons. The minimum Gasteiger partial charge on any atom is -0.354 e. The highest BCUT2D eigenvalue weighted by atomic mass is 16.5. The van der Waals surface area contributed by atoms with Gasteiger partial charge in [-0.3, -0.25) is 4.79 Å². The maximum absolute atomic E-state index is 11.7. The molecule has 1 unspecified atom stereocenters. The Balaban J connectivity index is 2.20. The maximum Gasteiger partial charge on any atom is 0.236 e. The molecule has 0 saturated heterocycles. The molecule has 18 heavy (non-hydrogen) atoms. The summed E-state index contributed by atoms with van der Waals surface area (Å²) < 4.78 is 4.87. The molecule has 2 N–H and O–H groups in total. The average Bonchev–Trinajstić information content (AvgIpc) is 2.71. The van der Waals surface area contributed by atoms with Gasteiger partial charge < -0.3 is 15.2 Å². The highest BCUT2D eigenvalue weighted by molar-refractivity contribution is 5.81. The summed E-state index contributed by atoms with van der Waals surface area (Å²) in [7, 11) is 0.